The number of ether oxygens (including phenoxy) is 1. The Hall–Kier alpha value is -1.32. The maximum absolute atomic E-state index is 10.6. The number of halogens is 1. The third-order valence-electron chi connectivity index (χ3n) is 4.31. The number of methoxy groups -OCH3 is 1. The van der Waals surface area contributed by atoms with Gasteiger partial charge in [-0.1, -0.05) is 40.2 Å². The van der Waals surface area contributed by atoms with Crippen molar-refractivity contribution in [2.75, 3.05) is 7.11 Å². The minimum Gasteiger partial charge on any atom is -0.497 e. The molecule has 2 aromatic rings. The number of rotatable bonds is 4. The average molecular weight is 347 g/mol. The third-order valence-corrected chi connectivity index (χ3v) is 5.08. The zero-order valence-corrected chi connectivity index (χ0v) is 13.6. The van der Waals surface area contributed by atoms with Crippen molar-refractivity contribution in [2.45, 2.75) is 25.4 Å². The standard InChI is InChI=1S/C18H19BrO2/c1-21-16-6-7-17(19)14(10-16)11-18(20)15-8-12-4-2-3-5-13(12)9-15/h2-7,10,15,18,20H,8-9,11H2,1H3. The lowest BCUT2D eigenvalue weighted by Gasteiger charge is -2.19. The van der Waals surface area contributed by atoms with Gasteiger partial charge in [-0.3, -0.25) is 0 Å². The molecule has 3 heteroatoms. The van der Waals surface area contributed by atoms with Gasteiger partial charge in [0.1, 0.15) is 5.75 Å². The van der Waals surface area contributed by atoms with Crippen molar-refractivity contribution in [1.29, 1.82) is 0 Å². The van der Waals surface area contributed by atoms with Crippen LogP contribution in [0.1, 0.15) is 16.7 Å². The predicted molar refractivity (Wildman–Crippen MR) is 87.7 cm³/mol. The van der Waals surface area contributed by atoms with Crippen LogP contribution in [0.2, 0.25) is 0 Å². The lowest BCUT2D eigenvalue weighted by molar-refractivity contribution is 0.112. The molecule has 1 N–H and O–H groups in total. The molecule has 0 saturated carbocycles. The fourth-order valence-electron chi connectivity index (χ4n) is 3.09. The zero-order valence-electron chi connectivity index (χ0n) is 12.1. The first-order valence-corrected chi connectivity index (χ1v) is 8.04. The summed E-state index contributed by atoms with van der Waals surface area (Å²) in [6.45, 7) is 0. The van der Waals surface area contributed by atoms with Crippen molar-refractivity contribution in [3.63, 3.8) is 0 Å². The molecule has 110 valence electrons. The lowest BCUT2D eigenvalue weighted by Crippen LogP contribution is -2.23. The first-order valence-electron chi connectivity index (χ1n) is 7.24. The van der Waals surface area contributed by atoms with Crippen LogP contribution in [-0.4, -0.2) is 18.3 Å². The largest absolute Gasteiger partial charge is 0.497 e. The maximum atomic E-state index is 10.6. The summed E-state index contributed by atoms with van der Waals surface area (Å²) in [5.41, 5.74) is 3.86. The topological polar surface area (TPSA) is 29.5 Å². The third kappa shape index (κ3) is 3.14. The molecule has 1 unspecified atom stereocenters. The number of hydrogen-bond acceptors (Lipinski definition) is 2. The summed E-state index contributed by atoms with van der Waals surface area (Å²) in [7, 11) is 1.66. The first-order chi connectivity index (χ1) is 10.2. The van der Waals surface area contributed by atoms with Crippen molar-refractivity contribution in [1.82, 2.24) is 0 Å². The van der Waals surface area contributed by atoms with Crippen LogP contribution in [0.25, 0.3) is 0 Å². The SMILES string of the molecule is COc1ccc(Br)c(CC(O)C2Cc3ccccc3C2)c1. The Morgan fingerprint density at radius 2 is 1.86 bits per heavy atom. The molecule has 0 bridgehead atoms. The Kier molecular flexibility index (Phi) is 4.32. The number of fused-ring (bicyclic) bond motifs is 1. The van der Waals surface area contributed by atoms with Gasteiger partial charge in [-0.25, -0.2) is 0 Å². The van der Waals surface area contributed by atoms with Crippen LogP contribution in [0.4, 0.5) is 0 Å². The van der Waals surface area contributed by atoms with Crippen LogP contribution < -0.4 is 4.74 Å². The van der Waals surface area contributed by atoms with E-state index in [2.05, 4.69) is 40.2 Å². The Morgan fingerprint density at radius 1 is 1.19 bits per heavy atom. The van der Waals surface area contributed by atoms with Gasteiger partial charge in [0.25, 0.3) is 0 Å². The number of aliphatic hydroxyl groups excluding tert-OH is 1. The first kappa shape index (κ1) is 14.6. The highest BCUT2D eigenvalue weighted by Crippen LogP contribution is 2.31. The summed E-state index contributed by atoms with van der Waals surface area (Å²) in [6, 6.07) is 14.4. The molecule has 0 fully saturated rings. The molecule has 0 saturated heterocycles. The highest BCUT2D eigenvalue weighted by Gasteiger charge is 2.27. The Labute approximate surface area is 133 Å². The maximum Gasteiger partial charge on any atom is 0.119 e. The van der Waals surface area contributed by atoms with E-state index < -0.39 is 0 Å². The minimum atomic E-state index is -0.333. The van der Waals surface area contributed by atoms with Crippen molar-refractivity contribution >= 4 is 15.9 Å². The highest BCUT2D eigenvalue weighted by atomic mass is 79.9. The Balaban J connectivity index is 1.72. The molecule has 0 aromatic heterocycles. The predicted octanol–water partition coefficient (Wildman–Crippen LogP) is 3.78. The summed E-state index contributed by atoms with van der Waals surface area (Å²) in [5, 5.41) is 10.6. The van der Waals surface area contributed by atoms with Crippen LogP contribution in [-0.2, 0) is 19.3 Å². The van der Waals surface area contributed by atoms with Gasteiger partial charge in [0, 0.05) is 4.47 Å². The molecule has 1 atom stereocenters. The van der Waals surface area contributed by atoms with E-state index in [4.69, 9.17) is 4.74 Å². The molecule has 1 aliphatic carbocycles. The molecule has 0 radical (unpaired) electrons. The molecule has 2 aromatic carbocycles. The summed E-state index contributed by atoms with van der Waals surface area (Å²) in [4.78, 5) is 0. The molecule has 0 heterocycles. The van der Waals surface area contributed by atoms with Gasteiger partial charge in [-0.15, -0.1) is 0 Å². The second kappa shape index (κ2) is 6.20. The molecule has 3 rings (SSSR count). The fourth-order valence-corrected chi connectivity index (χ4v) is 3.50. The quantitative estimate of drug-likeness (QED) is 0.912. The summed E-state index contributed by atoms with van der Waals surface area (Å²) < 4.78 is 6.29. The Morgan fingerprint density at radius 3 is 2.48 bits per heavy atom. The molecule has 21 heavy (non-hydrogen) atoms. The van der Waals surface area contributed by atoms with Crippen LogP contribution in [0, 0.1) is 5.92 Å². The molecule has 0 amide bonds. The van der Waals surface area contributed by atoms with Crippen LogP contribution >= 0.6 is 15.9 Å². The second-order valence-electron chi connectivity index (χ2n) is 5.67. The monoisotopic (exact) mass is 346 g/mol. The van der Waals surface area contributed by atoms with Crippen molar-refractivity contribution in [3.05, 3.63) is 63.6 Å². The van der Waals surface area contributed by atoms with E-state index in [0.717, 1.165) is 28.6 Å². The second-order valence-corrected chi connectivity index (χ2v) is 6.52. The molecule has 0 spiro atoms. The number of aliphatic hydroxyl groups is 1. The van der Waals surface area contributed by atoms with E-state index in [0.29, 0.717) is 12.3 Å². The van der Waals surface area contributed by atoms with E-state index in [1.165, 1.54) is 11.1 Å². The summed E-state index contributed by atoms with van der Waals surface area (Å²) in [6.07, 6.45) is 2.26. The van der Waals surface area contributed by atoms with Crippen molar-refractivity contribution in [3.8, 4) is 5.75 Å². The zero-order chi connectivity index (χ0) is 14.8. The van der Waals surface area contributed by atoms with Gasteiger partial charge in [-0.05, 0) is 60.1 Å². The van der Waals surface area contributed by atoms with Gasteiger partial charge in [-0.2, -0.15) is 0 Å². The van der Waals surface area contributed by atoms with Gasteiger partial charge in [0.2, 0.25) is 0 Å². The number of benzene rings is 2. The van der Waals surface area contributed by atoms with Gasteiger partial charge in [0.15, 0.2) is 0 Å². The van der Waals surface area contributed by atoms with Crippen molar-refractivity contribution in [2.24, 2.45) is 5.92 Å². The van der Waals surface area contributed by atoms with E-state index >= 15 is 0 Å². The Bertz CT molecular complexity index is 614. The fraction of sp³-hybridized carbons (Fsp3) is 0.333. The molecule has 1 aliphatic rings. The van der Waals surface area contributed by atoms with Gasteiger partial charge in [0.05, 0.1) is 13.2 Å². The van der Waals surface area contributed by atoms with Crippen molar-refractivity contribution < 1.29 is 9.84 Å². The average Bonchev–Trinajstić information content (AvgIpc) is 2.93. The normalized spacial score (nSPS) is 15.8. The highest BCUT2D eigenvalue weighted by molar-refractivity contribution is 9.10. The van der Waals surface area contributed by atoms with Crippen LogP contribution in [0.15, 0.2) is 46.9 Å². The van der Waals surface area contributed by atoms with Crippen LogP contribution in [0.3, 0.4) is 0 Å². The van der Waals surface area contributed by atoms with E-state index in [1.54, 1.807) is 7.11 Å². The van der Waals surface area contributed by atoms with E-state index in [-0.39, 0.29) is 6.10 Å². The molecule has 2 nitrogen and oxygen atoms in total. The van der Waals surface area contributed by atoms with Gasteiger partial charge >= 0.3 is 0 Å². The molecular formula is C18H19BrO2. The van der Waals surface area contributed by atoms with Crippen LogP contribution in [0.5, 0.6) is 5.75 Å². The molecular weight excluding hydrogens is 328 g/mol. The lowest BCUT2D eigenvalue weighted by atomic mass is 9.93. The van der Waals surface area contributed by atoms with Gasteiger partial charge < -0.3 is 9.84 Å². The molecule has 0 aliphatic heterocycles. The summed E-state index contributed by atoms with van der Waals surface area (Å²) in [5.74, 6) is 1.13. The smallest absolute Gasteiger partial charge is 0.119 e. The number of hydrogen-bond donors (Lipinski definition) is 1. The van der Waals surface area contributed by atoms with E-state index in [1.807, 2.05) is 18.2 Å². The minimum absolute atomic E-state index is 0.306. The summed E-state index contributed by atoms with van der Waals surface area (Å²) >= 11 is 3.56. The van der Waals surface area contributed by atoms with E-state index in [9.17, 15) is 5.11 Å².